The first-order valence-corrected chi connectivity index (χ1v) is 8.03. The van der Waals surface area contributed by atoms with Gasteiger partial charge in [0.2, 0.25) is 0 Å². The van der Waals surface area contributed by atoms with E-state index in [-0.39, 0.29) is 35.8 Å². The number of carbonyl (C=O) groups excluding carboxylic acids is 1. The lowest BCUT2D eigenvalue weighted by molar-refractivity contribution is 0.201. The molecule has 0 aliphatic heterocycles. The van der Waals surface area contributed by atoms with E-state index in [9.17, 15) is 14.3 Å². The Balaban J connectivity index is 1.54. The highest BCUT2D eigenvalue weighted by atomic mass is 19.1. The van der Waals surface area contributed by atoms with E-state index in [0.29, 0.717) is 6.54 Å². The first-order valence-electron chi connectivity index (χ1n) is 8.03. The van der Waals surface area contributed by atoms with Crippen LogP contribution in [0.15, 0.2) is 24.3 Å². The zero-order chi connectivity index (χ0) is 15.6. The van der Waals surface area contributed by atoms with Gasteiger partial charge in [0.25, 0.3) is 0 Å². The van der Waals surface area contributed by atoms with E-state index in [4.69, 9.17) is 0 Å². The Labute approximate surface area is 130 Å². The number of hydrogen-bond acceptors (Lipinski definition) is 2. The third kappa shape index (κ3) is 3.40. The van der Waals surface area contributed by atoms with Crippen molar-refractivity contribution in [2.45, 2.75) is 44.1 Å². The molecule has 1 aromatic rings. The van der Waals surface area contributed by atoms with Gasteiger partial charge in [0, 0.05) is 23.9 Å². The van der Waals surface area contributed by atoms with Gasteiger partial charge in [0.05, 0.1) is 6.61 Å². The van der Waals surface area contributed by atoms with E-state index in [0.717, 1.165) is 37.7 Å². The van der Waals surface area contributed by atoms with Crippen LogP contribution in [-0.4, -0.2) is 30.3 Å². The standard InChI is InChI=1S/C17H23FN2O2/c18-13-6-4-12(5-7-13)14-2-1-3-15(14)20-16(22)19-10-17(11-21)8-9-17/h4-7,14-15,21H,1-3,8-11H2,(H2,19,20,22)/t14-,15+/m0/s1. The van der Waals surface area contributed by atoms with Gasteiger partial charge in [-0.1, -0.05) is 18.6 Å². The molecule has 0 bridgehead atoms. The fourth-order valence-corrected chi connectivity index (χ4v) is 3.30. The molecule has 0 aromatic heterocycles. The summed E-state index contributed by atoms with van der Waals surface area (Å²) in [5.74, 6) is 0.0156. The molecule has 0 unspecified atom stereocenters. The van der Waals surface area contributed by atoms with Crippen molar-refractivity contribution in [2.24, 2.45) is 5.41 Å². The third-order valence-corrected chi connectivity index (χ3v) is 5.05. The zero-order valence-electron chi connectivity index (χ0n) is 12.6. The molecular formula is C17H23FN2O2. The number of halogens is 1. The summed E-state index contributed by atoms with van der Waals surface area (Å²) < 4.78 is 13.0. The number of carbonyl (C=O) groups is 1. The molecule has 3 N–H and O–H groups in total. The summed E-state index contributed by atoms with van der Waals surface area (Å²) in [7, 11) is 0. The molecule has 3 rings (SSSR count). The molecule has 0 heterocycles. The lowest BCUT2D eigenvalue weighted by atomic mass is 9.94. The molecule has 2 amide bonds. The number of aliphatic hydroxyl groups excluding tert-OH is 1. The molecule has 2 aliphatic carbocycles. The number of amides is 2. The second kappa shape index (κ2) is 6.24. The second-order valence-corrected chi connectivity index (χ2v) is 6.68. The predicted octanol–water partition coefficient (Wildman–Crippen LogP) is 2.53. The molecule has 120 valence electrons. The summed E-state index contributed by atoms with van der Waals surface area (Å²) >= 11 is 0. The van der Waals surface area contributed by atoms with Gasteiger partial charge in [-0.3, -0.25) is 0 Å². The highest BCUT2D eigenvalue weighted by Gasteiger charge is 2.42. The van der Waals surface area contributed by atoms with Gasteiger partial charge in [-0.15, -0.1) is 0 Å². The first kappa shape index (κ1) is 15.3. The number of nitrogens with one attached hydrogen (secondary N) is 2. The van der Waals surface area contributed by atoms with Crippen LogP contribution in [0.2, 0.25) is 0 Å². The van der Waals surface area contributed by atoms with E-state index in [1.807, 2.05) is 12.1 Å². The maximum atomic E-state index is 13.0. The maximum Gasteiger partial charge on any atom is 0.315 e. The van der Waals surface area contributed by atoms with Crippen LogP contribution in [0.1, 0.15) is 43.6 Å². The molecule has 0 radical (unpaired) electrons. The van der Waals surface area contributed by atoms with Crippen LogP contribution in [-0.2, 0) is 0 Å². The molecule has 22 heavy (non-hydrogen) atoms. The normalized spacial score (nSPS) is 25.7. The maximum absolute atomic E-state index is 13.0. The van der Waals surface area contributed by atoms with E-state index in [1.165, 1.54) is 12.1 Å². The number of aliphatic hydroxyl groups is 1. The minimum Gasteiger partial charge on any atom is -0.396 e. The van der Waals surface area contributed by atoms with Crippen LogP contribution < -0.4 is 10.6 Å². The van der Waals surface area contributed by atoms with Gasteiger partial charge < -0.3 is 15.7 Å². The van der Waals surface area contributed by atoms with Crippen molar-refractivity contribution < 1.29 is 14.3 Å². The zero-order valence-corrected chi connectivity index (χ0v) is 12.6. The topological polar surface area (TPSA) is 61.4 Å². The van der Waals surface area contributed by atoms with E-state index in [1.54, 1.807) is 0 Å². The summed E-state index contributed by atoms with van der Waals surface area (Å²) in [5.41, 5.74) is 1.00. The van der Waals surface area contributed by atoms with Crippen LogP contribution in [0.5, 0.6) is 0 Å². The van der Waals surface area contributed by atoms with Crippen LogP contribution in [0.3, 0.4) is 0 Å². The summed E-state index contributed by atoms with van der Waals surface area (Å²) in [6.45, 7) is 0.665. The number of hydrogen-bond donors (Lipinski definition) is 3. The number of benzene rings is 1. The molecule has 2 aliphatic rings. The highest BCUT2D eigenvalue weighted by molar-refractivity contribution is 5.74. The average molecular weight is 306 g/mol. The van der Waals surface area contributed by atoms with Crippen molar-refractivity contribution >= 4 is 6.03 Å². The van der Waals surface area contributed by atoms with Crippen molar-refractivity contribution in [1.29, 1.82) is 0 Å². The van der Waals surface area contributed by atoms with Crippen LogP contribution >= 0.6 is 0 Å². The lowest BCUT2D eigenvalue weighted by Crippen LogP contribution is -2.45. The summed E-state index contributed by atoms with van der Waals surface area (Å²) in [6, 6.07) is 6.49. The van der Waals surface area contributed by atoms with Gasteiger partial charge >= 0.3 is 6.03 Å². The van der Waals surface area contributed by atoms with Crippen LogP contribution in [0.25, 0.3) is 0 Å². The van der Waals surface area contributed by atoms with E-state index in [2.05, 4.69) is 10.6 Å². The average Bonchev–Trinajstić information content (AvgIpc) is 3.18. The molecule has 4 nitrogen and oxygen atoms in total. The second-order valence-electron chi connectivity index (χ2n) is 6.68. The Kier molecular flexibility index (Phi) is 4.34. The Morgan fingerprint density at radius 3 is 2.64 bits per heavy atom. The van der Waals surface area contributed by atoms with Crippen LogP contribution in [0, 0.1) is 11.2 Å². The Bertz CT molecular complexity index is 528. The molecule has 2 atom stereocenters. The van der Waals surface area contributed by atoms with Crippen molar-refractivity contribution in [3.05, 3.63) is 35.6 Å². The van der Waals surface area contributed by atoms with Crippen molar-refractivity contribution in [1.82, 2.24) is 10.6 Å². The molecule has 1 aromatic carbocycles. The minimum atomic E-state index is -0.234. The summed E-state index contributed by atoms with van der Waals surface area (Å²) in [4.78, 5) is 12.1. The fraction of sp³-hybridized carbons (Fsp3) is 0.588. The summed E-state index contributed by atoms with van der Waals surface area (Å²) in [5, 5.41) is 15.2. The smallest absolute Gasteiger partial charge is 0.315 e. The molecule has 0 saturated heterocycles. The fourth-order valence-electron chi connectivity index (χ4n) is 3.30. The lowest BCUT2D eigenvalue weighted by Gasteiger charge is -2.22. The molecule has 2 saturated carbocycles. The molecule has 0 spiro atoms. The largest absolute Gasteiger partial charge is 0.396 e. The Morgan fingerprint density at radius 1 is 1.27 bits per heavy atom. The van der Waals surface area contributed by atoms with Crippen molar-refractivity contribution in [3.63, 3.8) is 0 Å². The highest BCUT2D eigenvalue weighted by Crippen LogP contribution is 2.44. The van der Waals surface area contributed by atoms with Gasteiger partial charge in [-0.2, -0.15) is 0 Å². The monoisotopic (exact) mass is 306 g/mol. The minimum absolute atomic E-state index is 0.0800. The van der Waals surface area contributed by atoms with E-state index >= 15 is 0 Å². The SMILES string of the molecule is O=C(NCC1(CO)CC1)N[C@@H]1CCC[C@H]1c1ccc(F)cc1. The Morgan fingerprint density at radius 2 is 2.00 bits per heavy atom. The quantitative estimate of drug-likeness (QED) is 0.783. The van der Waals surface area contributed by atoms with Crippen LogP contribution in [0.4, 0.5) is 9.18 Å². The first-order chi connectivity index (χ1) is 10.6. The molecular weight excluding hydrogens is 283 g/mol. The van der Waals surface area contributed by atoms with Crippen molar-refractivity contribution in [3.8, 4) is 0 Å². The number of urea groups is 1. The van der Waals surface area contributed by atoms with E-state index < -0.39 is 0 Å². The summed E-state index contributed by atoms with van der Waals surface area (Å²) in [6.07, 6.45) is 4.97. The predicted molar refractivity (Wildman–Crippen MR) is 82.1 cm³/mol. The number of rotatable bonds is 5. The third-order valence-electron chi connectivity index (χ3n) is 5.05. The van der Waals surface area contributed by atoms with Gasteiger partial charge in [0.1, 0.15) is 5.82 Å². The Hall–Kier alpha value is -1.62. The molecule has 2 fully saturated rings. The molecule has 5 heteroatoms. The van der Waals surface area contributed by atoms with Gasteiger partial charge in [0.15, 0.2) is 0 Å². The van der Waals surface area contributed by atoms with Gasteiger partial charge in [-0.05, 0) is 43.4 Å². The van der Waals surface area contributed by atoms with Gasteiger partial charge in [-0.25, -0.2) is 9.18 Å². The van der Waals surface area contributed by atoms with Crippen molar-refractivity contribution in [2.75, 3.05) is 13.2 Å².